The fourth-order valence-electron chi connectivity index (χ4n) is 2.51. The molecule has 5 nitrogen and oxygen atoms in total. The standard InChI is InChI=1S/C15H13N3O2/c1-16-9-5-6-10(17-2)12-11(9)14(19)8-4-3-7-18-13(8)15(12)20/h3-7,16-17H,1-2H3. The van der Waals surface area contributed by atoms with Crippen molar-refractivity contribution in [1.29, 1.82) is 0 Å². The van der Waals surface area contributed by atoms with E-state index in [0.717, 1.165) is 0 Å². The van der Waals surface area contributed by atoms with Crippen LogP contribution in [0.5, 0.6) is 0 Å². The zero-order valence-electron chi connectivity index (χ0n) is 11.2. The molecule has 0 spiro atoms. The van der Waals surface area contributed by atoms with Crippen molar-refractivity contribution in [3.05, 3.63) is 52.8 Å². The third-order valence-electron chi connectivity index (χ3n) is 3.47. The molecule has 2 N–H and O–H groups in total. The molecule has 1 aromatic heterocycles. The summed E-state index contributed by atoms with van der Waals surface area (Å²) in [6.07, 6.45) is 1.52. The molecule has 0 saturated heterocycles. The Kier molecular flexibility index (Phi) is 2.75. The quantitative estimate of drug-likeness (QED) is 0.742. The molecular weight excluding hydrogens is 254 g/mol. The molecule has 1 aromatic carbocycles. The summed E-state index contributed by atoms with van der Waals surface area (Å²) in [4.78, 5) is 29.3. The van der Waals surface area contributed by atoms with Gasteiger partial charge < -0.3 is 10.6 Å². The largest absolute Gasteiger partial charge is 0.388 e. The predicted molar refractivity (Wildman–Crippen MR) is 76.6 cm³/mol. The minimum atomic E-state index is -0.225. The molecule has 0 bridgehead atoms. The van der Waals surface area contributed by atoms with E-state index in [-0.39, 0.29) is 17.3 Å². The second-order valence-electron chi connectivity index (χ2n) is 4.47. The van der Waals surface area contributed by atoms with Gasteiger partial charge in [0.25, 0.3) is 0 Å². The Bertz CT molecular complexity index is 676. The molecule has 5 heteroatoms. The predicted octanol–water partition coefficient (Wildman–Crippen LogP) is 1.94. The first-order valence-corrected chi connectivity index (χ1v) is 6.26. The van der Waals surface area contributed by atoms with E-state index in [1.165, 1.54) is 6.20 Å². The van der Waals surface area contributed by atoms with Gasteiger partial charge in [0.15, 0.2) is 5.78 Å². The number of nitrogens with one attached hydrogen (secondary N) is 2. The van der Waals surface area contributed by atoms with Crippen LogP contribution in [0.25, 0.3) is 0 Å². The number of benzene rings is 1. The van der Waals surface area contributed by atoms with Crippen LogP contribution in [0.4, 0.5) is 11.4 Å². The Hall–Kier alpha value is -2.69. The lowest BCUT2D eigenvalue weighted by Gasteiger charge is -2.21. The summed E-state index contributed by atoms with van der Waals surface area (Å²) in [7, 11) is 3.45. The highest BCUT2D eigenvalue weighted by Gasteiger charge is 2.34. The van der Waals surface area contributed by atoms with Crippen molar-refractivity contribution in [2.45, 2.75) is 0 Å². The first kappa shape index (κ1) is 12.3. The number of carbonyl (C=O) groups excluding carboxylic acids is 2. The van der Waals surface area contributed by atoms with Crippen molar-refractivity contribution in [3.63, 3.8) is 0 Å². The van der Waals surface area contributed by atoms with Crippen LogP contribution in [0, 0.1) is 0 Å². The lowest BCUT2D eigenvalue weighted by atomic mass is 9.85. The van der Waals surface area contributed by atoms with E-state index in [1.54, 1.807) is 38.4 Å². The molecule has 0 saturated carbocycles. The van der Waals surface area contributed by atoms with Crippen LogP contribution in [0.15, 0.2) is 30.5 Å². The van der Waals surface area contributed by atoms with Gasteiger partial charge in [-0.2, -0.15) is 0 Å². The van der Waals surface area contributed by atoms with Gasteiger partial charge in [-0.15, -0.1) is 0 Å². The lowest BCUT2D eigenvalue weighted by molar-refractivity contribution is 0.0976. The molecule has 2 aromatic rings. The van der Waals surface area contributed by atoms with Crippen LogP contribution in [-0.4, -0.2) is 30.6 Å². The molecule has 0 aliphatic heterocycles. The van der Waals surface area contributed by atoms with Crippen molar-refractivity contribution in [1.82, 2.24) is 4.98 Å². The van der Waals surface area contributed by atoms with Gasteiger partial charge in [0.2, 0.25) is 5.78 Å². The summed E-state index contributed by atoms with van der Waals surface area (Å²) in [5.41, 5.74) is 2.64. The number of ketones is 2. The van der Waals surface area contributed by atoms with E-state index >= 15 is 0 Å². The van der Waals surface area contributed by atoms with Crippen LogP contribution in [0.2, 0.25) is 0 Å². The van der Waals surface area contributed by atoms with Gasteiger partial charge in [0.05, 0.1) is 16.7 Å². The van der Waals surface area contributed by atoms with Crippen LogP contribution in [0.1, 0.15) is 32.0 Å². The topological polar surface area (TPSA) is 71.1 Å². The maximum absolute atomic E-state index is 12.6. The average Bonchev–Trinajstić information content (AvgIpc) is 2.51. The summed E-state index contributed by atoms with van der Waals surface area (Å²) in [6.45, 7) is 0. The second-order valence-corrected chi connectivity index (χ2v) is 4.47. The maximum atomic E-state index is 12.6. The normalized spacial score (nSPS) is 12.7. The number of hydrogen-bond acceptors (Lipinski definition) is 5. The molecule has 0 fully saturated rings. The summed E-state index contributed by atoms with van der Waals surface area (Å²) < 4.78 is 0. The van der Waals surface area contributed by atoms with Crippen molar-refractivity contribution >= 4 is 22.9 Å². The fourth-order valence-corrected chi connectivity index (χ4v) is 2.51. The highest BCUT2D eigenvalue weighted by Crippen LogP contribution is 2.35. The first-order valence-electron chi connectivity index (χ1n) is 6.26. The molecule has 3 rings (SSSR count). The van der Waals surface area contributed by atoms with Gasteiger partial charge in [-0.05, 0) is 24.3 Å². The number of fused-ring (bicyclic) bond motifs is 2. The van der Waals surface area contributed by atoms with Crippen molar-refractivity contribution in [3.8, 4) is 0 Å². The number of aromatic nitrogens is 1. The van der Waals surface area contributed by atoms with Gasteiger partial charge in [0, 0.05) is 31.7 Å². The number of anilines is 2. The molecular formula is C15H13N3O2. The minimum Gasteiger partial charge on any atom is -0.388 e. The Morgan fingerprint density at radius 2 is 1.50 bits per heavy atom. The van der Waals surface area contributed by atoms with Crippen molar-refractivity contribution in [2.24, 2.45) is 0 Å². The fraction of sp³-hybridized carbons (Fsp3) is 0.133. The van der Waals surface area contributed by atoms with Crippen LogP contribution >= 0.6 is 0 Å². The van der Waals surface area contributed by atoms with Gasteiger partial charge in [0.1, 0.15) is 5.69 Å². The van der Waals surface area contributed by atoms with Crippen LogP contribution in [-0.2, 0) is 0 Å². The monoisotopic (exact) mass is 267 g/mol. The van der Waals surface area contributed by atoms with E-state index in [0.29, 0.717) is 28.1 Å². The number of nitrogens with zero attached hydrogens (tertiary/aromatic N) is 1. The number of pyridine rings is 1. The van der Waals surface area contributed by atoms with E-state index in [9.17, 15) is 9.59 Å². The van der Waals surface area contributed by atoms with Gasteiger partial charge in [-0.3, -0.25) is 14.6 Å². The van der Waals surface area contributed by atoms with E-state index in [2.05, 4.69) is 15.6 Å². The van der Waals surface area contributed by atoms with Gasteiger partial charge >= 0.3 is 0 Å². The van der Waals surface area contributed by atoms with E-state index in [4.69, 9.17) is 0 Å². The lowest BCUT2D eigenvalue weighted by Crippen LogP contribution is -2.24. The first-order chi connectivity index (χ1) is 9.69. The van der Waals surface area contributed by atoms with E-state index in [1.807, 2.05) is 0 Å². The highest BCUT2D eigenvalue weighted by molar-refractivity contribution is 6.31. The van der Waals surface area contributed by atoms with Gasteiger partial charge in [-0.25, -0.2) is 0 Å². The molecule has 0 atom stereocenters. The Balaban J connectivity index is 2.37. The van der Waals surface area contributed by atoms with E-state index < -0.39 is 0 Å². The summed E-state index contributed by atoms with van der Waals surface area (Å²) >= 11 is 0. The molecule has 0 amide bonds. The highest BCUT2D eigenvalue weighted by atomic mass is 16.1. The van der Waals surface area contributed by atoms with Crippen LogP contribution < -0.4 is 10.6 Å². The Morgan fingerprint density at radius 3 is 2.10 bits per heavy atom. The molecule has 20 heavy (non-hydrogen) atoms. The zero-order chi connectivity index (χ0) is 14.3. The number of carbonyl (C=O) groups is 2. The molecule has 0 unspecified atom stereocenters. The second kappa shape index (κ2) is 4.45. The molecule has 1 heterocycles. The average molecular weight is 267 g/mol. The molecule has 100 valence electrons. The molecule has 0 radical (unpaired) electrons. The maximum Gasteiger partial charge on any atom is 0.215 e. The zero-order valence-corrected chi connectivity index (χ0v) is 11.2. The Morgan fingerprint density at radius 1 is 0.900 bits per heavy atom. The SMILES string of the molecule is CNc1ccc(NC)c2c1C(=O)c1cccnc1C2=O. The van der Waals surface area contributed by atoms with Gasteiger partial charge in [-0.1, -0.05) is 0 Å². The minimum absolute atomic E-state index is 0.177. The summed E-state index contributed by atoms with van der Waals surface area (Å²) in [5, 5.41) is 5.93. The third-order valence-corrected chi connectivity index (χ3v) is 3.47. The summed E-state index contributed by atoms with van der Waals surface area (Å²) in [5.74, 6) is -0.402. The third kappa shape index (κ3) is 1.53. The van der Waals surface area contributed by atoms with Crippen molar-refractivity contribution < 1.29 is 9.59 Å². The number of hydrogen-bond donors (Lipinski definition) is 2. The smallest absolute Gasteiger partial charge is 0.215 e. The number of rotatable bonds is 2. The molecule has 1 aliphatic rings. The summed E-state index contributed by atoms with van der Waals surface area (Å²) in [6, 6.07) is 6.87. The van der Waals surface area contributed by atoms with Crippen molar-refractivity contribution in [2.75, 3.05) is 24.7 Å². The Labute approximate surface area is 116 Å². The molecule has 1 aliphatic carbocycles. The van der Waals surface area contributed by atoms with Crippen LogP contribution in [0.3, 0.4) is 0 Å².